The third-order valence-electron chi connectivity index (χ3n) is 5.99. The van der Waals surface area contributed by atoms with Gasteiger partial charge in [0.15, 0.2) is 0 Å². The second kappa shape index (κ2) is 9.54. The number of nitrogens with zero attached hydrogens (tertiary/aromatic N) is 3. The third kappa shape index (κ3) is 4.90. The number of hydrogen-bond acceptors (Lipinski definition) is 5. The van der Waals surface area contributed by atoms with Gasteiger partial charge in [-0.1, -0.05) is 26.0 Å². The number of fused-ring (bicyclic) bond motifs is 1. The lowest BCUT2D eigenvalue weighted by atomic mass is 10.1. The van der Waals surface area contributed by atoms with Crippen LogP contribution in [0.15, 0.2) is 47.3 Å². The van der Waals surface area contributed by atoms with E-state index in [1.165, 1.54) is 0 Å². The normalized spacial score (nSPS) is 14.8. The summed E-state index contributed by atoms with van der Waals surface area (Å²) in [6.45, 7) is 8.24. The van der Waals surface area contributed by atoms with E-state index in [1.54, 1.807) is 22.8 Å². The van der Waals surface area contributed by atoms with E-state index in [4.69, 9.17) is 0 Å². The fraction of sp³-hybridized carbons (Fsp3) is 0.360. The Morgan fingerprint density at radius 3 is 2.52 bits per heavy atom. The fourth-order valence-electron chi connectivity index (χ4n) is 4.29. The topological polar surface area (TPSA) is 77.8 Å². The van der Waals surface area contributed by atoms with Gasteiger partial charge in [-0.2, -0.15) is 0 Å². The minimum Gasteiger partial charge on any atom is -0.506 e. The highest BCUT2D eigenvalue weighted by molar-refractivity contribution is 7.27. The van der Waals surface area contributed by atoms with Crippen molar-refractivity contribution < 1.29 is 9.90 Å². The largest absolute Gasteiger partial charge is 0.506 e. The summed E-state index contributed by atoms with van der Waals surface area (Å²) in [4.78, 5) is 31.1. The number of likely N-dealkylation sites (N-methyl/N-ethyl adjacent to an activating group) is 1. The van der Waals surface area contributed by atoms with Crippen LogP contribution in [0.3, 0.4) is 0 Å². The van der Waals surface area contributed by atoms with Gasteiger partial charge in [-0.15, -0.1) is 9.24 Å². The zero-order valence-electron chi connectivity index (χ0n) is 19.3. The molecule has 1 atom stereocenters. The summed E-state index contributed by atoms with van der Waals surface area (Å²) < 4.78 is 1.58. The molecule has 7 nitrogen and oxygen atoms in total. The molecule has 2 heterocycles. The predicted octanol–water partition coefficient (Wildman–Crippen LogP) is 2.87. The van der Waals surface area contributed by atoms with Crippen molar-refractivity contribution in [2.24, 2.45) is 5.92 Å². The molecule has 1 fully saturated rings. The van der Waals surface area contributed by atoms with E-state index in [0.29, 0.717) is 23.1 Å². The van der Waals surface area contributed by atoms with E-state index in [-0.39, 0.29) is 17.2 Å². The predicted molar refractivity (Wildman–Crippen MR) is 138 cm³/mol. The zero-order chi connectivity index (χ0) is 23.7. The van der Waals surface area contributed by atoms with Crippen molar-refractivity contribution in [3.8, 4) is 5.75 Å². The number of para-hydroxylation sites is 1. The molecule has 3 aromatic rings. The van der Waals surface area contributed by atoms with Crippen molar-refractivity contribution in [3.63, 3.8) is 0 Å². The van der Waals surface area contributed by atoms with E-state index in [0.717, 1.165) is 37.2 Å². The Morgan fingerprint density at radius 1 is 1.12 bits per heavy atom. The first-order valence-corrected chi connectivity index (χ1v) is 11.8. The first-order chi connectivity index (χ1) is 15.7. The van der Waals surface area contributed by atoms with Gasteiger partial charge in [0.1, 0.15) is 11.3 Å². The molecule has 1 aromatic heterocycles. The van der Waals surface area contributed by atoms with Crippen LogP contribution < -0.4 is 21.1 Å². The molecule has 174 valence electrons. The van der Waals surface area contributed by atoms with E-state index in [2.05, 4.69) is 37.5 Å². The number of amides is 1. The number of carbonyl (C=O) groups excluding carboxylic acids is 1. The Morgan fingerprint density at radius 2 is 1.82 bits per heavy atom. The van der Waals surface area contributed by atoms with Crippen LogP contribution in [0.1, 0.15) is 24.2 Å². The zero-order valence-corrected chi connectivity index (χ0v) is 20.5. The van der Waals surface area contributed by atoms with Crippen molar-refractivity contribution in [2.45, 2.75) is 20.4 Å². The number of aromatic nitrogens is 1. The number of carbonyl (C=O) groups is 1. The standard InChI is InChI=1S/C25H31N4O3P/c1-16(2)15-29-21-7-5-4-6-20(21)23(30)22(25(29)32)24(31)26-17-12-18(14-19(33)13-17)28-10-8-27(3)9-11-28/h4-7,12-14,16,30H,8-11,15,33H2,1-3H3,(H,26,31). The van der Waals surface area contributed by atoms with Crippen molar-refractivity contribution >= 4 is 42.7 Å². The monoisotopic (exact) mass is 466 g/mol. The molecular weight excluding hydrogens is 435 g/mol. The van der Waals surface area contributed by atoms with Crippen LogP contribution in [0, 0.1) is 5.92 Å². The van der Waals surface area contributed by atoms with Crippen LogP contribution in [0.5, 0.6) is 5.75 Å². The highest BCUT2D eigenvalue weighted by Gasteiger charge is 2.23. The Kier molecular flexibility index (Phi) is 6.73. The lowest BCUT2D eigenvalue weighted by Gasteiger charge is -2.34. The van der Waals surface area contributed by atoms with Crippen molar-refractivity contribution in [3.05, 3.63) is 58.4 Å². The Labute approximate surface area is 196 Å². The van der Waals surface area contributed by atoms with Gasteiger partial charge in [-0.3, -0.25) is 9.59 Å². The summed E-state index contributed by atoms with van der Waals surface area (Å²) >= 11 is 0. The van der Waals surface area contributed by atoms with E-state index < -0.39 is 11.5 Å². The number of aromatic hydroxyl groups is 1. The quantitative estimate of drug-likeness (QED) is 0.566. The molecular formula is C25H31N4O3P. The average molecular weight is 467 g/mol. The van der Waals surface area contributed by atoms with Gasteiger partial charge in [0, 0.05) is 49.5 Å². The van der Waals surface area contributed by atoms with Gasteiger partial charge in [0.05, 0.1) is 5.52 Å². The van der Waals surface area contributed by atoms with Crippen LogP contribution in [0.25, 0.3) is 10.9 Å². The first kappa shape index (κ1) is 23.3. The molecule has 33 heavy (non-hydrogen) atoms. The van der Waals surface area contributed by atoms with Crippen LogP contribution >= 0.6 is 9.24 Å². The van der Waals surface area contributed by atoms with Gasteiger partial charge in [0.25, 0.3) is 11.5 Å². The summed E-state index contributed by atoms with van der Waals surface area (Å²) in [6.07, 6.45) is 0. The number of hydrogen-bond donors (Lipinski definition) is 2. The summed E-state index contributed by atoms with van der Waals surface area (Å²) in [5.74, 6) is -0.693. The number of pyridine rings is 1. The number of benzene rings is 2. The first-order valence-electron chi connectivity index (χ1n) is 11.2. The second-order valence-electron chi connectivity index (χ2n) is 9.11. The maximum atomic E-state index is 13.3. The molecule has 0 radical (unpaired) electrons. The molecule has 2 N–H and O–H groups in total. The highest BCUT2D eigenvalue weighted by Crippen LogP contribution is 2.28. The summed E-state index contributed by atoms with van der Waals surface area (Å²) in [7, 11) is 4.78. The van der Waals surface area contributed by atoms with Crippen LogP contribution in [0.2, 0.25) is 0 Å². The van der Waals surface area contributed by atoms with Crippen molar-refractivity contribution in [1.82, 2.24) is 9.47 Å². The molecule has 0 saturated carbocycles. The Bertz CT molecular complexity index is 1250. The molecule has 1 aliphatic heterocycles. The summed E-state index contributed by atoms with van der Waals surface area (Å²) in [5.41, 5.74) is 1.51. The lowest BCUT2D eigenvalue weighted by Crippen LogP contribution is -2.44. The molecule has 1 aliphatic rings. The molecule has 1 amide bonds. The molecule has 4 rings (SSSR count). The van der Waals surface area contributed by atoms with Crippen LogP contribution in [0.4, 0.5) is 11.4 Å². The van der Waals surface area contributed by atoms with E-state index in [1.807, 2.05) is 32.0 Å². The smallest absolute Gasteiger partial charge is 0.267 e. The molecule has 0 bridgehead atoms. The van der Waals surface area contributed by atoms with Gasteiger partial charge in [0.2, 0.25) is 0 Å². The lowest BCUT2D eigenvalue weighted by molar-refractivity contribution is 0.102. The third-order valence-corrected chi connectivity index (χ3v) is 6.32. The number of anilines is 2. The van der Waals surface area contributed by atoms with Crippen molar-refractivity contribution in [1.29, 1.82) is 0 Å². The minimum absolute atomic E-state index is 0.200. The average Bonchev–Trinajstić information content (AvgIpc) is 2.76. The Balaban J connectivity index is 1.71. The van der Waals surface area contributed by atoms with Gasteiger partial charge in [-0.05, 0) is 48.6 Å². The van der Waals surface area contributed by atoms with Gasteiger partial charge < -0.3 is 24.8 Å². The molecule has 2 aromatic carbocycles. The number of rotatable bonds is 5. The molecule has 8 heteroatoms. The molecule has 0 aliphatic carbocycles. The number of piperazine rings is 1. The highest BCUT2D eigenvalue weighted by atomic mass is 31.0. The maximum Gasteiger partial charge on any atom is 0.267 e. The molecule has 1 saturated heterocycles. The SMILES string of the molecule is CC(C)Cn1c(=O)c(C(=O)Nc2cc(P)cc(N3CCN(C)CC3)c2)c(O)c2ccccc21. The Hall–Kier alpha value is -2.89. The van der Waals surface area contributed by atoms with Crippen LogP contribution in [-0.2, 0) is 6.54 Å². The molecule has 1 unspecified atom stereocenters. The van der Waals surface area contributed by atoms with Crippen molar-refractivity contribution in [2.75, 3.05) is 43.4 Å². The number of nitrogens with one attached hydrogen (secondary N) is 1. The second-order valence-corrected chi connectivity index (χ2v) is 9.77. The van der Waals surface area contributed by atoms with Crippen LogP contribution in [-0.4, -0.2) is 53.7 Å². The van der Waals surface area contributed by atoms with E-state index in [9.17, 15) is 14.7 Å². The van der Waals surface area contributed by atoms with Gasteiger partial charge >= 0.3 is 0 Å². The minimum atomic E-state index is -0.610. The summed E-state index contributed by atoms with van der Waals surface area (Å²) in [6, 6.07) is 13.0. The van der Waals surface area contributed by atoms with Gasteiger partial charge in [-0.25, -0.2) is 0 Å². The molecule has 0 spiro atoms. The fourth-order valence-corrected chi connectivity index (χ4v) is 4.64. The summed E-state index contributed by atoms with van der Waals surface area (Å²) in [5, 5.41) is 15.2. The maximum absolute atomic E-state index is 13.3. The van der Waals surface area contributed by atoms with E-state index >= 15 is 0 Å².